The molecule has 0 unspecified atom stereocenters. The molecule has 2 aliphatic rings. The van der Waals surface area contributed by atoms with Gasteiger partial charge in [-0.3, -0.25) is 4.79 Å². The molecule has 3 rings (SSSR count). The van der Waals surface area contributed by atoms with E-state index < -0.39 is 41.4 Å². The molecule has 1 aliphatic heterocycles. The molecule has 0 saturated heterocycles. The van der Waals surface area contributed by atoms with E-state index in [1.54, 1.807) is 24.3 Å². The third-order valence-electron chi connectivity index (χ3n) is 3.82. The van der Waals surface area contributed by atoms with E-state index in [9.17, 15) is 30.7 Å². The van der Waals surface area contributed by atoms with Gasteiger partial charge in [0.25, 0.3) is 0 Å². The summed E-state index contributed by atoms with van der Waals surface area (Å²) in [6.07, 6.45) is 0.721. The zero-order valence-corrected chi connectivity index (χ0v) is 21.1. The topological polar surface area (TPSA) is 131 Å². The molecule has 1 heterocycles. The van der Waals surface area contributed by atoms with E-state index in [2.05, 4.69) is 0 Å². The Labute approximate surface area is 205 Å². The molecule has 0 N–H and O–H groups in total. The van der Waals surface area contributed by atoms with Crippen LogP contribution in [0.1, 0.15) is 23.7 Å². The second-order valence-corrected chi connectivity index (χ2v) is 9.09. The number of allylic oxidation sites excluding steroid dienone is 4. The van der Waals surface area contributed by atoms with E-state index in [4.69, 9.17) is 0 Å². The number of benzene rings is 1. The Balaban J connectivity index is 0.00000182. The van der Waals surface area contributed by atoms with Crippen molar-refractivity contribution >= 4 is 37.8 Å². The quantitative estimate of drug-likeness (QED) is 0.256. The molecule has 0 bridgehead atoms. The molecule has 7 nitrogen and oxygen atoms in total. The maximum atomic E-state index is 12.6. The van der Waals surface area contributed by atoms with Crippen molar-refractivity contribution in [1.82, 2.24) is 0 Å². The molecular formula is C15H10Na2O7S3. The summed E-state index contributed by atoms with van der Waals surface area (Å²) in [4.78, 5) is 11.7. The van der Waals surface area contributed by atoms with Gasteiger partial charge in [0.2, 0.25) is 5.78 Å². The predicted octanol–water partition coefficient (Wildman–Crippen LogP) is -4.11. The first-order valence-corrected chi connectivity index (χ1v) is 10.5. The Morgan fingerprint density at radius 2 is 1.59 bits per heavy atom. The van der Waals surface area contributed by atoms with Crippen LogP contribution in [-0.2, 0) is 20.2 Å². The molecule has 1 aromatic rings. The summed E-state index contributed by atoms with van der Waals surface area (Å²) in [6, 6.07) is 6.62. The first-order chi connectivity index (χ1) is 11.5. The fraction of sp³-hybridized carbons (Fsp3) is 0.133. The van der Waals surface area contributed by atoms with Crippen LogP contribution in [0.2, 0.25) is 0 Å². The summed E-state index contributed by atoms with van der Waals surface area (Å²) in [5.74, 6) is -0.439. The molecular weight excluding hydrogens is 434 g/mol. The van der Waals surface area contributed by atoms with Crippen molar-refractivity contribution in [2.24, 2.45) is 0 Å². The van der Waals surface area contributed by atoms with Crippen LogP contribution < -0.4 is 59.1 Å². The summed E-state index contributed by atoms with van der Waals surface area (Å²) in [5, 5.41) is 0. The first kappa shape index (κ1) is 25.3. The van der Waals surface area contributed by atoms with Gasteiger partial charge in [-0.25, -0.2) is 16.8 Å². The van der Waals surface area contributed by atoms with Gasteiger partial charge in [-0.15, -0.1) is 0 Å². The fourth-order valence-corrected chi connectivity index (χ4v) is 5.84. The molecule has 132 valence electrons. The monoisotopic (exact) mass is 444 g/mol. The fourth-order valence-electron chi connectivity index (χ4n) is 2.82. The Morgan fingerprint density at radius 1 is 1.00 bits per heavy atom. The average molecular weight is 444 g/mol. The van der Waals surface area contributed by atoms with Crippen LogP contribution in [-0.4, -0.2) is 31.7 Å². The van der Waals surface area contributed by atoms with E-state index in [1.807, 2.05) is 0 Å². The summed E-state index contributed by atoms with van der Waals surface area (Å²) < 4.78 is 69.1. The van der Waals surface area contributed by atoms with Crippen LogP contribution in [0.3, 0.4) is 0 Å². The van der Waals surface area contributed by atoms with E-state index in [0.29, 0.717) is 10.5 Å². The zero-order chi connectivity index (χ0) is 18.6. The molecule has 12 heteroatoms. The molecule has 1 aliphatic carbocycles. The average Bonchev–Trinajstić information content (AvgIpc) is 2.82. The number of fused-ring (bicyclic) bond motifs is 1. The summed E-state index contributed by atoms with van der Waals surface area (Å²) in [6.45, 7) is 1.07. The van der Waals surface area contributed by atoms with Gasteiger partial charge >= 0.3 is 59.1 Å². The molecule has 0 fully saturated rings. The van der Waals surface area contributed by atoms with Gasteiger partial charge in [-0.05, 0) is 36.6 Å². The number of Topliss-reactive ketones (excluding diaryl/α,β-unsaturated/α-hetero) is 1. The summed E-state index contributed by atoms with van der Waals surface area (Å²) >= 11 is 1.02. The second kappa shape index (κ2) is 8.97. The maximum absolute atomic E-state index is 12.6. The molecule has 0 saturated carbocycles. The molecule has 0 spiro atoms. The van der Waals surface area contributed by atoms with E-state index in [1.165, 1.54) is 0 Å². The third kappa shape index (κ3) is 4.89. The van der Waals surface area contributed by atoms with Crippen molar-refractivity contribution in [2.45, 2.75) is 18.2 Å². The number of rotatable bonds is 2. The normalized spacial score (nSPS) is 19.8. The summed E-state index contributed by atoms with van der Waals surface area (Å²) in [7, 11) is -10.1. The molecule has 0 atom stereocenters. The number of hydrogen-bond acceptors (Lipinski definition) is 8. The van der Waals surface area contributed by atoms with Crippen molar-refractivity contribution in [3.8, 4) is 0 Å². The van der Waals surface area contributed by atoms with Crippen LogP contribution in [0.5, 0.6) is 0 Å². The molecule has 1 aromatic carbocycles. The van der Waals surface area contributed by atoms with Crippen LogP contribution in [0.15, 0.2) is 61.1 Å². The van der Waals surface area contributed by atoms with Gasteiger partial charge in [-0.2, -0.15) is 0 Å². The number of thioether (sulfide) groups is 1. The van der Waals surface area contributed by atoms with E-state index in [-0.39, 0.29) is 76.0 Å². The van der Waals surface area contributed by atoms with Crippen LogP contribution in [0.25, 0.3) is 0 Å². The Bertz CT molecular complexity index is 1110. The van der Waals surface area contributed by atoms with Gasteiger partial charge in [0.05, 0.1) is 14.7 Å². The van der Waals surface area contributed by atoms with Crippen molar-refractivity contribution in [3.05, 3.63) is 61.8 Å². The number of carbonyl (C=O) groups excluding carboxylic acids is 1. The van der Waals surface area contributed by atoms with Crippen molar-refractivity contribution < 1.29 is 89.9 Å². The standard InChI is InChI=1S/C15H12O7S3.2Na/c1-8-12(24(17,18)19)7-6-10(15(8)25(20,21)22)14-13(16)9-4-2-3-5-11(9)23-14;;/h2-5,7H,6H2,1H3,(H,17,18,19)(H,20,21,22);;/q;2*+1/p-2/b14-10+;;. The zero-order valence-electron chi connectivity index (χ0n) is 14.7. The van der Waals surface area contributed by atoms with Gasteiger partial charge in [0.1, 0.15) is 20.2 Å². The Kier molecular flexibility index (Phi) is 8.41. The minimum atomic E-state index is -5.10. The predicted molar refractivity (Wildman–Crippen MR) is 88.4 cm³/mol. The maximum Gasteiger partial charge on any atom is 1.00 e. The Morgan fingerprint density at radius 3 is 2.11 bits per heavy atom. The molecule has 27 heavy (non-hydrogen) atoms. The minimum Gasteiger partial charge on any atom is -0.744 e. The van der Waals surface area contributed by atoms with Gasteiger partial charge in [0.15, 0.2) is 0 Å². The smallest absolute Gasteiger partial charge is 0.744 e. The number of hydrogen-bond donors (Lipinski definition) is 0. The Hall–Kier alpha value is 0.280. The molecule has 0 amide bonds. The van der Waals surface area contributed by atoms with E-state index in [0.717, 1.165) is 24.8 Å². The first-order valence-electron chi connectivity index (χ1n) is 6.90. The molecule has 0 radical (unpaired) electrons. The van der Waals surface area contributed by atoms with Crippen LogP contribution in [0, 0.1) is 0 Å². The van der Waals surface area contributed by atoms with Crippen molar-refractivity contribution in [3.63, 3.8) is 0 Å². The van der Waals surface area contributed by atoms with E-state index >= 15 is 0 Å². The number of ketones is 1. The second-order valence-electron chi connectivity index (χ2n) is 5.37. The van der Waals surface area contributed by atoms with Gasteiger partial charge < -0.3 is 9.11 Å². The largest absolute Gasteiger partial charge is 1.00 e. The van der Waals surface area contributed by atoms with Crippen LogP contribution in [0.4, 0.5) is 0 Å². The minimum absolute atomic E-state index is 0. The third-order valence-corrected chi connectivity index (χ3v) is 7.10. The van der Waals surface area contributed by atoms with Gasteiger partial charge in [0, 0.05) is 10.5 Å². The molecule has 0 aromatic heterocycles. The SMILES string of the molecule is CC1=C(S(=O)(=O)[O-])/C(=C2/Sc3ccccc3C2=O)CC=C1S(=O)(=O)[O-].[Na+].[Na+]. The summed E-state index contributed by atoms with van der Waals surface area (Å²) in [5.41, 5.74) is -0.157. The van der Waals surface area contributed by atoms with Crippen LogP contribution >= 0.6 is 11.8 Å². The van der Waals surface area contributed by atoms with Crippen molar-refractivity contribution in [1.29, 1.82) is 0 Å². The van der Waals surface area contributed by atoms with Crippen molar-refractivity contribution in [2.75, 3.05) is 0 Å². The number of carbonyl (C=O) groups is 1. The van der Waals surface area contributed by atoms with Gasteiger partial charge in [-0.1, -0.05) is 30.0 Å².